The number of rotatable bonds is 5. The Morgan fingerprint density at radius 1 is 0.309 bits per heavy atom. The third-order valence-corrected chi connectivity index (χ3v) is 11.7. The number of para-hydroxylation sites is 1. The van der Waals surface area contributed by atoms with Gasteiger partial charge in [-0.1, -0.05) is 152 Å². The molecule has 4 nitrogen and oxygen atoms in total. The lowest BCUT2D eigenvalue weighted by atomic mass is 9.92. The molecule has 0 unspecified atom stereocenters. The van der Waals surface area contributed by atoms with Gasteiger partial charge in [0.1, 0.15) is 0 Å². The van der Waals surface area contributed by atoms with Gasteiger partial charge in [-0.3, -0.25) is 0 Å². The highest BCUT2D eigenvalue weighted by atomic mass is 32.1. The van der Waals surface area contributed by atoms with Crippen LogP contribution in [0.3, 0.4) is 0 Å². The first-order valence-electron chi connectivity index (χ1n) is 18.4. The zero-order chi connectivity index (χ0) is 36.3. The predicted molar refractivity (Wildman–Crippen MR) is 230 cm³/mol. The van der Waals surface area contributed by atoms with E-state index >= 15 is 0 Å². The van der Waals surface area contributed by atoms with Crippen LogP contribution in [-0.4, -0.2) is 19.9 Å². The van der Waals surface area contributed by atoms with Crippen molar-refractivity contribution in [2.45, 2.75) is 0 Å². The van der Waals surface area contributed by atoms with E-state index in [1.54, 1.807) is 0 Å². The van der Waals surface area contributed by atoms with Crippen LogP contribution < -0.4 is 0 Å². The van der Waals surface area contributed by atoms with Crippen molar-refractivity contribution >= 4 is 64.0 Å². The number of hydrogen-bond donors (Lipinski definition) is 0. The summed E-state index contributed by atoms with van der Waals surface area (Å²) < 4.78 is 2.51. The first-order valence-corrected chi connectivity index (χ1v) is 19.2. The lowest BCUT2D eigenvalue weighted by Gasteiger charge is -2.14. The Morgan fingerprint density at radius 3 is 1.55 bits per heavy atom. The molecule has 0 aliphatic rings. The first kappa shape index (κ1) is 31.4. The summed E-state index contributed by atoms with van der Waals surface area (Å²) in [4.78, 5) is 20.4. The highest BCUT2D eigenvalue weighted by Crippen LogP contribution is 2.45. The van der Waals surface area contributed by atoms with E-state index in [2.05, 4.69) is 121 Å². The van der Waals surface area contributed by atoms with Gasteiger partial charge in [0, 0.05) is 53.2 Å². The van der Waals surface area contributed by atoms with Crippen LogP contribution in [0.5, 0.6) is 0 Å². The Labute approximate surface area is 321 Å². The zero-order valence-corrected chi connectivity index (χ0v) is 30.3. The number of pyridine rings is 1. The van der Waals surface area contributed by atoms with E-state index in [0.29, 0.717) is 17.5 Å². The van der Waals surface area contributed by atoms with Gasteiger partial charge in [0.25, 0.3) is 0 Å². The van der Waals surface area contributed by atoms with Crippen molar-refractivity contribution in [3.05, 3.63) is 182 Å². The molecule has 0 fully saturated rings. The normalized spacial score (nSPS) is 11.6. The number of aromatic nitrogens is 4. The fourth-order valence-corrected chi connectivity index (χ4v) is 9.06. The first-order chi connectivity index (χ1) is 27.3. The number of nitrogens with zero attached hydrogens (tertiary/aromatic N) is 4. The van der Waals surface area contributed by atoms with Gasteiger partial charge in [-0.25, -0.2) is 19.9 Å². The highest BCUT2D eigenvalue weighted by Gasteiger charge is 2.19. The summed E-state index contributed by atoms with van der Waals surface area (Å²) in [5, 5.41) is 8.31. The molecule has 5 heteroatoms. The predicted octanol–water partition coefficient (Wildman–Crippen LogP) is 13.4. The summed E-state index contributed by atoms with van der Waals surface area (Å²) in [5.74, 6) is 1.95. The van der Waals surface area contributed by atoms with Crippen LogP contribution in [0.1, 0.15) is 0 Å². The standard InChI is InChI=1S/C50H30N4S/c1-4-14-31(15-5-1)47-46-39(38-22-12-13-23-42(38)51-47)27-29-44-45(46)41-30-34(24-28-43(41)55-44)35-25-26-40(37-21-11-10-20-36(35)37)50-53-48(32-16-6-2-7-17-32)52-49(54-50)33-18-8-3-9-19-33/h1-30H. The van der Waals surface area contributed by atoms with Crippen molar-refractivity contribution in [2.75, 3.05) is 0 Å². The lowest BCUT2D eigenvalue weighted by molar-refractivity contribution is 1.08. The largest absolute Gasteiger partial charge is 0.247 e. The summed E-state index contributed by atoms with van der Waals surface area (Å²) in [6, 6.07) is 63.8. The van der Waals surface area contributed by atoms with E-state index in [1.165, 1.54) is 36.3 Å². The van der Waals surface area contributed by atoms with Crippen LogP contribution in [0, 0.1) is 0 Å². The average molecular weight is 719 g/mol. The molecule has 0 spiro atoms. The maximum absolute atomic E-state index is 5.31. The van der Waals surface area contributed by atoms with Gasteiger partial charge in [-0.05, 0) is 57.6 Å². The molecule has 3 heterocycles. The number of hydrogen-bond acceptors (Lipinski definition) is 5. The van der Waals surface area contributed by atoms with Gasteiger partial charge >= 0.3 is 0 Å². The average Bonchev–Trinajstić information content (AvgIpc) is 3.65. The van der Waals surface area contributed by atoms with Crippen LogP contribution in [0.15, 0.2) is 182 Å². The van der Waals surface area contributed by atoms with Crippen LogP contribution in [0.2, 0.25) is 0 Å². The van der Waals surface area contributed by atoms with E-state index in [0.717, 1.165) is 55.4 Å². The van der Waals surface area contributed by atoms with Crippen molar-refractivity contribution in [3.8, 4) is 56.5 Å². The van der Waals surface area contributed by atoms with Gasteiger partial charge < -0.3 is 0 Å². The smallest absolute Gasteiger partial charge is 0.164 e. The summed E-state index contributed by atoms with van der Waals surface area (Å²) >= 11 is 1.84. The number of benzene rings is 8. The minimum absolute atomic E-state index is 0.648. The Bertz CT molecular complexity index is 3190. The topological polar surface area (TPSA) is 51.6 Å². The zero-order valence-electron chi connectivity index (χ0n) is 29.5. The molecule has 55 heavy (non-hydrogen) atoms. The van der Waals surface area contributed by atoms with Gasteiger partial charge in [0.2, 0.25) is 0 Å². The molecule has 0 aliphatic carbocycles. The second kappa shape index (κ2) is 12.8. The van der Waals surface area contributed by atoms with Gasteiger partial charge in [-0.2, -0.15) is 0 Å². The minimum atomic E-state index is 0.648. The van der Waals surface area contributed by atoms with E-state index < -0.39 is 0 Å². The summed E-state index contributed by atoms with van der Waals surface area (Å²) in [6.45, 7) is 0. The van der Waals surface area contributed by atoms with Crippen LogP contribution in [-0.2, 0) is 0 Å². The summed E-state index contributed by atoms with van der Waals surface area (Å²) in [5.41, 5.74) is 8.33. The molecule has 0 saturated heterocycles. The number of fused-ring (bicyclic) bond motifs is 8. The molecule has 256 valence electrons. The molecule has 0 radical (unpaired) electrons. The number of thiophene rings is 1. The van der Waals surface area contributed by atoms with Crippen molar-refractivity contribution in [3.63, 3.8) is 0 Å². The van der Waals surface area contributed by atoms with Crippen LogP contribution in [0.4, 0.5) is 0 Å². The van der Waals surface area contributed by atoms with Crippen molar-refractivity contribution < 1.29 is 0 Å². The third kappa shape index (κ3) is 5.28. The maximum Gasteiger partial charge on any atom is 0.164 e. The quantitative estimate of drug-likeness (QED) is 0.166. The lowest BCUT2D eigenvalue weighted by Crippen LogP contribution is -2.00. The van der Waals surface area contributed by atoms with E-state index in [9.17, 15) is 0 Å². The van der Waals surface area contributed by atoms with Gasteiger partial charge in [0.15, 0.2) is 17.5 Å². The fraction of sp³-hybridized carbons (Fsp3) is 0. The van der Waals surface area contributed by atoms with Crippen molar-refractivity contribution in [1.82, 2.24) is 19.9 Å². The molecule has 0 saturated carbocycles. The van der Waals surface area contributed by atoms with Gasteiger partial charge in [-0.15, -0.1) is 11.3 Å². The molecular formula is C50H30N4S. The summed E-state index contributed by atoms with van der Waals surface area (Å²) in [7, 11) is 0. The van der Waals surface area contributed by atoms with E-state index in [4.69, 9.17) is 19.9 Å². The molecule has 0 N–H and O–H groups in total. The molecule has 11 aromatic rings. The summed E-state index contributed by atoms with van der Waals surface area (Å²) in [6.07, 6.45) is 0. The minimum Gasteiger partial charge on any atom is -0.247 e. The molecule has 0 aliphatic heterocycles. The Kier molecular flexibility index (Phi) is 7.32. The SMILES string of the molecule is c1ccc(-c2nc(-c3ccccc3)nc(-c3ccc(-c4ccc5sc6ccc7c8ccccc8nc(-c8ccccc8)c7c6c5c4)c4ccccc34)n2)cc1. The molecule has 3 aromatic heterocycles. The molecular weight excluding hydrogens is 689 g/mol. The van der Waals surface area contributed by atoms with Crippen molar-refractivity contribution in [1.29, 1.82) is 0 Å². The van der Waals surface area contributed by atoms with Crippen LogP contribution >= 0.6 is 11.3 Å². The van der Waals surface area contributed by atoms with Crippen molar-refractivity contribution in [2.24, 2.45) is 0 Å². The van der Waals surface area contributed by atoms with E-state index in [-0.39, 0.29) is 0 Å². The molecule has 8 aromatic carbocycles. The highest BCUT2D eigenvalue weighted by molar-refractivity contribution is 7.26. The second-order valence-corrected chi connectivity index (χ2v) is 14.8. The van der Waals surface area contributed by atoms with Crippen LogP contribution in [0.25, 0.3) is 109 Å². The molecule has 11 rings (SSSR count). The third-order valence-electron chi connectivity index (χ3n) is 10.5. The monoisotopic (exact) mass is 718 g/mol. The second-order valence-electron chi connectivity index (χ2n) is 13.8. The Morgan fingerprint density at radius 2 is 0.855 bits per heavy atom. The molecule has 0 atom stereocenters. The Balaban J connectivity index is 1.13. The molecule has 0 bridgehead atoms. The Hall–Kier alpha value is -7.08. The maximum atomic E-state index is 5.31. The molecule has 0 amide bonds. The van der Waals surface area contributed by atoms with Gasteiger partial charge in [0.05, 0.1) is 11.2 Å². The van der Waals surface area contributed by atoms with E-state index in [1.807, 2.05) is 72.0 Å². The fourth-order valence-electron chi connectivity index (χ4n) is 7.96.